The van der Waals surface area contributed by atoms with Gasteiger partial charge in [-0.1, -0.05) is 12.8 Å². The van der Waals surface area contributed by atoms with E-state index < -0.39 is 0 Å². The van der Waals surface area contributed by atoms with Gasteiger partial charge < -0.3 is 14.4 Å². The van der Waals surface area contributed by atoms with Gasteiger partial charge in [-0.3, -0.25) is 9.59 Å². The maximum Gasteiger partial charge on any atom is 0.305 e. The monoisotopic (exact) mass is 347 g/mol. The number of carbonyl (C=O) groups is 2. The molecule has 0 atom stereocenters. The summed E-state index contributed by atoms with van der Waals surface area (Å²) >= 11 is 0. The van der Waals surface area contributed by atoms with Crippen molar-refractivity contribution in [3.63, 3.8) is 0 Å². The number of morpholine rings is 1. The van der Waals surface area contributed by atoms with E-state index in [1.165, 1.54) is 0 Å². The van der Waals surface area contributed by atoms with Crippen molar-refractivity contribution in [1.82, 2.24) is 0 Å². The number of hydrogen-bond donors (Lipinski definition) is 0. The molecule has 1 aromatic carbocycles. The minimum Gasteiger partial charge on any atom is -0.466 e. The number of ether oxygens (including phenoxy) is 2. The van der Waals surface area contributed by atoms with Gasteiger partial charge in [0.25, 0.3) is 0 Å². The molecule has 0 spiro atoms. The molecule has 0 aliphatic carbocycles. The quantitative estimate of drug-likeness (QED) is 0.368. The Morgan fingerprint density at radius 2 is 1.64 bits per heavy atom. The summed E-state index contributed by atoms with van der Waals surface area (Å²) in [7, 11) is 0. The number of Topliss-reactive ketones (excluding diaryl/α,β-unsaturated/α-hetero) is 1. The second-order valence-electron chi connectivity index (χ2n) is 6.29. The number of unbranched alkanes of at least 4 members (excludes halogenated alkanes) is 3. The fraction of sp³-hybridized carbons (Fsp3) is 0.600. The van der Waals surface area contributed by atoms with Crippen molar-refractivity contribution >= 4 is 17.4 Å². The zero-order valence-corrected chi connectivity index (χ0v) is 15.2. The van der Waals surface area contributed by atoms with Crippen molar-refractivity contribution < 1.29 is 19.1 Å². The number of esters is 1. The maximum atomic E-state index is 12.3. The lowest BCUT2D eigenvalue weighted by Gasteiger charge is -2.28. The van der Waals surface area contributed by atoms with Gasteiger partial charge in [0.15, 0.2) is 5.78 Å². The van der Waals surface area contributed by atoms with Crippen molar-refractivity contribution in [2.45, 2.75) is 45.4 Å². The van der Waals surface area contributed by atoms with Crippen LogP contribution in [0.2, 0.25) is 0 Å². The van der Waals surface area contributed by atoms with Gasteiger partial charge >= 0.3 is 5.97 Å². The normalized spacial score (nSPS) is 14.4. The van der Waals surface area contributed by atoms with Gasteiger partial charge in [0.05, 0.1) is 19.8 Å². The number of hydrogen-bond acceptors (Lipinski definition) is 5. The summed E-state index contributed by atoms with van der Waals surface area (Å²) in [4.78, 5) is 25.8. The second-order valence-corrected chi connectivity index (χ2v) is 6.29. The molecule has 0 bridgehead atoms. The average molecular weight is 347 g/mol. The molecule has 0 unspecified atom stereocenters. The van der Waals surface area contributed by atoms with Gasteiger partial charge in [0.2, 0.25) is 0 Å². The third-order valence-corrected chi connectivity index (χ3v) is 4.41. The van der Waals surface area contributed by atoms with Gasteiger partial charge in [-0.05, 0) is 44.0 Å². The largest absolute Gasteiger partial charge is 0.466 e. The standard InChI is InChI=1S/C20H29NO4/c1-2-25-20(23)8-6-4-3-5-7-19(22)17-9-11-18(12-10-17)21-13-15-24-16-14-21/h9-12H,2-8,13-16H2,1H3. The van der Waals surface area contributed by atoms with Crippen LogP contribution in [0.3, 0.4) is 0 Å². The van der Waals surface area contributed by atoms with Crippen LogP contribution in [0.25, 0.3) is 0 Å². The van der Waals surface area contributed by atoms with E-state index in [0.29, 0.717) is 19.4 Å². The van der Waals surface area contributed by atoms with Gasteiger partial charge in [-0.25, -0.2) is 0 Å². The van der Waals surface area contributed by atoms with Crippen LogP contribution in [0.4, 0.5) is 5.69 Å². The van der Waals surface area contributed by atoms with E-state index in [0.717, 1.165) is 63.2 Å². The molecule has 5 heteroatoms. The highest BCUT2D eigenvalue weighted by molar-refractivity contribution is 5.96. The molecule has 0 aromatic heterocycles. The predicted octanol–water partition coefficient (Wildman–Crippen LogP) is 3.61. The first-order valence-corrected chi connectivity index (χ1v) is 9.32. The summed E-state index contributed by atoms with van der Waals surface area (Å²) in [6, 6.07) is 7.90. The van der Waals surface area contributed by atoms with E-state index in [-0.39, 0.29) is 11.8 Å². The Balaban J connectivity index is 1.64. The molecule has 1 aliphatic heterocycles. The highest BCUT2D eigenvalue weighted by Crippen LogP contribution is 2.18. The Bertz CT molecular complexity index is 535. The van der Waals surface area contributed by atoms with Crippen LogP contribution in [0, 0.1) is 0 Å². The van der Waals surface area contributed by atoms with Crippen LogP contribution >= 0.6 is 0 Å². The van der Waals surface area contributed by atoms with E-state index in [9.17, 15) is 9.59 Å². The molecule has 1 saturated heterocycles. The van der Waals surface area contributed by atoms with E-state index in [1.54, 1.807) is 0 Å². The molecular formula is C20H29NO4. The molecular weight excluding hydrogens is 318 g/mol. The molecule has 1 heterocycles. The average Bonchev–Trinajstić information content (AvgIpc) is 2.65. The van der Waals surface area contributed by atoms with Crippen LogP contribution < -0.4 is 4.90 Å². The van der Waals surface area contributed by atoms with Crippen LogP contribution in [-0.4, -0.2) is 44.7 Å². The molecule has 1 fully saturated rings. The summed E-state index contributed by atoms with van der Waals surface area (Å²) in [5.41, 5.74) is 1.93. The van der Waals surface area contributed by atoms with E-state index >= 15 is 0 Å². The Morgan fingerprint density at radius 1 is 1.00 bits per heavy atom. The van der Waals surface area contributed by atoms with Crippen LogP contribution in [-0.2, 0) is 14.3 Å². The maximum absolute atomic E-state index is 12.3. The van der Waals surface area contributed by atoms with Gasteiger partial charge in [-0.2, -0.15) is 0 Å². The molecule has 2 rings (SSSR count). The van der Waals surface area contributed by atoms with E-state index in [1.807, 2.05) is 31.2 Å². The zero-order valence-electron chi connectivity index (χ0n) is 15.2. The molecule has 138 valence electrons. The van der Waals surface area contributed by atoms with E-state index in [4.69, 9.17) is 9.47 Å². The molecule has 25 heavy (non-hydrogen) atoms. The third-order valence-electron chi connectivity index (χ3n) is 4.41. The smallest absolute Gasteiger partial charge is 0.305 e. The minimum atomic E-state index is -0.126. The number of anilines is 1. The summed E-state index contributed by atoms with van der Waals surface area (Å²) < 4.78 is 10.3. The number of benzene rings is 1. The van der Waals surface area contributed by atoms with Crippen LogP contribution in [0.5, 0.6) is 0 Å². The van der Waals surface area contributed by atoms with Gasteiger partial charge in [0, 0.05) is 37.2 Å². The van der Waals surface area contributed by atoms with E-state index in [2.05, 4.69) is 4.90 Å². The lowest BCUT2D eigenvalue weighted by atomic mass is 10.0. The molecule has 0 radical (unpaired) electrons. The fourth-order valence-electron chi connectivity index (χ4n) is 2.97. The Kier molecular flexibility index (Phi) is 8.46. The molecule has 5 nitrogen and oxygen atoms in total. The summed E-state index contributed by atoms with van der Waals surface area (Å²) in [6.45, 7) is 5.58. The van der Waals surface area contributed by atoms with Crippen molar-refractivity contribution in [3.8, 4) is 0 Å². The first kappa shape index (κ1) is 19.4. The topological polar surface area (TPSA) is 55.8 Å². The molecule has 1 aromatic rings. The first-order valence-electron chi connectivity index (χ1n) is 9.32. The Hall–Kier alpha value is -1.88. The summed E-state index contributed by atoms with van der Waals surface area (Å²) in [5.74, 6) is 0.0675. The number of carbonyl (C=O) groups excluding carboxylic acids is 2. The molecule has 0 saturated carbocycles. The molecule has 0 amide bonds. The van der Waals surface area contributed by atoms with Crippen LogP contribution in [0.1, 0.15) is 55.8 Å². The predicted molar refractivity (Wildman–Crippen MR) is 98.1 cm³/mol. The van der Waals surface area contributed by atoms with Gasteiger partial charge in [-0.15, -0.1) is 0 Å². The van der Waals surface area contributed by atoms with Gasteiger partial charge in [0.1, 0.15) is 0 Å². The SMILES string of the molecule is CCOC(=O)CCCCCCC(=O)c1ccc(N2CCOCC2)cc1. The van der Waals surface area contributed by atoms with Crippen molar-refractivity contribution in [2.24, 2.45) is 0 Å². The highest BCUT2D eigenvalue weighted by atomic mass is 16.5. The Morgan fingerprint density at radius 3 is 2.28 bits per heavy atom. The second kappa shape index (κ2) is 10.9. The Labute approximate surface area is 150 Å². The lowest BCUT2D eigenvalue weighted by molar-refractivity contribution is -0.143. The van der Waals surface area contributed by atoms with Crippen molar-refractivity contribution in [1.29, 1.82) is 0 Å². The first-order chi connectivity index (χ1) is 12.2. The third kappa shape index (κ3) is 6.86. The molecule has 1 aliphatic rings. The van der Waals surface area contributed by atoms with Crippen LogP contribution in [0.15, 0.2) is 24.3 Å². The number of ketones is 1. The van der Waals surface area contributed by atoms with Crippen molar-refractivity contribution in [3.05, 3.63) is 29.8 Å². The number of nitrogens with zero attached hydrogens (tertiary/aromatic N) is 1. The zero-order chi connectivity index (χ0) is 17.9. The number of rotatable bonds is 10. The fourth-order valence-corrected chi connectivity index (χ4v) is 2.97. The minimum absolute atomic E-state index is 0.126. The highest BCUT2D eigenvalue weighted by Gasteiger charge is 2.12. The lowest BCUT2D eigenvalue weighted by Crippen LogP contribution is -2.36. The summed E-state index contributed by atoms with van der Waals surface area (Å²) in [5, 5.41) is 0. The molecule has 0 N–H and O–H groups in total. The summed E-state index contributed by atoms with van der Waals surface area (Å²) in [6.07, 6.45) is 4.67. The van der Waals surface area contributed by atoms with Crippen molar-refractivity contribution in [2.75, 3.05) is 37.8 Å².